The molecule has 1 aromatic heterocycles. The molecule has 1 rings (SSSR count). The minimum Gasteiger partial charge on any atom is -0.481 e. The molecule has 0 aromatic carbocycles. The third-order valence-electron chi connectivity index (χ3n) is 5.52. The SMILES string of the molecule is CC(C)CC(NC(=O)C(CCC(=O)O)NC(=O)C(N)CCCCN)C(=O)NC(Cc1cnc[nH]1)C(=O)O. The number of imidazole rings is 1. The molecule has 0 saturated carbocycles. The van der Waals surface area contributed by atoms with Gasteiger partial charge in [-0.15, -0.1) is 0 Å². The largest absolute Gasteiger partial charge is 0.481 e. The van der Waals surface area contributed by atoms with Gasteiger partial charge < -0.3 is 42.6 Å². The number of aromatic nitrogens is 2. The summed E-state index contributed by atoms with van der Waals surface area (Å²) in [6.07, 6.45) is 3.92. The number of H-pyrrole nitrogens is 1. The van der Waals surface area contributed by atoms with Crippen LogP contribution in [0, 0.1) is 5.92 Å². The van der Waals surface area contributed by atoms with E-state index in [1.165, 1.54) is 12.5 Å². The number of carbonyl (C=O) groups is 5. The van der Waals surface area contributed by atoms with E-state index in [2.05, 4.69) is 25.9 Å². The van der Waals surface area contributed by atoms with Gasteiger partial charge in [0.25, 0.3) is 0 Å². The molecule has 4 unspecified atom stereocenters. The predicted molar refractivity (Wildman–Crippen MR) is 133 cm³/mol. The highest BCUT2D eigenvalue weighted by Gasteiger charge is 2.31. The lowest BCUT2D eigenvalue weighted by Gasteiger charge is -2.26. The van der Waals surface area contributed by atoms with Gasteiger partial charge in [-0.3, -0.25) is 19.2 Å². The fraction of sp³-hybridized carbons (Fsp3) is 0.652. The predicted octanol–water partition coefficient (Wildman–Crippen LogP) is -1.14. The number of hydrogen-bond acceptors (Lipinski definition) is 8. The van der Waals surface area contributed by atoms with Crippen LogP contribution in [0.5, 0.6) is 0 Å². The minimum atomic E-state index is -1.28. The van der Waals surface area contributed by atoms with Crippen LogP contribution in [0.1, 0.15) is 58.1 Å². The number of carbonyl (C=O) groups excluding carboxylic acids is 3. The zero-order chi connectivity index (χ0) is 28.0. The summed E-state index contributed by atoms with van der Waals surface area (Å²) in [5.74, 6) is -4.62. The summed E-state index contributed by atoms with van der Waals surface area (Å²) in [5, 5.41) is 26.1. The Labute approximate surface area is 215 Å². The van der Waals surface area contributed by atoms with Gasteiger partial charge in [0.15, 0.2) is 0 Å². The second-order valence-corrected chi connectivity index (χ2v) is 9.26. The maximum absolute atomic E-state index is 13.1. The Balaban J connectivity index is 2.96. The molecule has 37 heavy (non-hydrogen) atoms. The molecule has 1 aromatic rings. The van der Waals surface area contributed by atoms with Gasteiger partial charge >= 0.3 is 11.9 Å². The smallest absolute Gasteiger partial charge is 0.326 e. The van der Waals surface area contributed by atoms with Gasteiger partial charge in [-0.25, -0.2) is 9.78 Å². The number of unbranched alkanes of at least 4 members (excludes halogenated alkanes) is 1. The summed E-state index contributed by atoms with van der Waals surface area (Å²) in [6, 6.07) is -4.58. The fourth-order valence-corrected chi connectivity index (χ4v) is 3.52. The normalized spacial score (nSPS) is 14.3. The van der Waals surface area contributed by atoms with E-state index in [1.807, 2.05) is 13.8 Å². The highest BCUT2D eigenvalue weighted by atomic mass is 16.4. The Morgan fingerprint density at radius 2 is 1.57 bits per heavy atom. The van der Waals surface area contributed by atoms with Gasteiger partial charge in [0.05, 0.1) is 12.4 Å². The summed E-state index contributed by atoms with van der Waals surface area (Å²) in [5.41, 5.74) is 11.8. The Bertz CT molecular complexity index is 892. The third-order valence-corrected chi connectivity index (χ3v) is 5.52. The number of hydrogen-bond donors (Lipinski definition) is 8. The number of aromatic amines is 1. The number of carboxylic acid groups (broad SMARTS) is 2. The van der Waals surface area contributed by atoms with Crippen LogP contribution >= 0.6 is 0 Å². The Morgan fingerprint density at radius 1 is 0.946 bits per heavy atom. The first kappa shape index (κ1) is 31.5. The topological polar surface area (TPSA) is 243 Å². The molecule has 0 aliphatic rings. The molecule has 1 heterocycles. The molecule has 0 radical (unpaired) electrons. The maximum Gasteiger partial charge on any atom is 0.326 e. The van der Waals surface area contributed by atoms with Crippen molar-refractivity contribution in [2.75, 3.05) is 6.54 Å². The van der Waals surface area contributed by atoms with Crippen molar-refractivity contribution in [2.45, 2.75) is 83.0 Å². The number of nitrogens with one attached hydrogen (secondary N) is 4. The van der Waals surface area contributed by atoms with Gasteiger partial charge in [0.2, 0.25) is 17.7 Å². The van der Waals surface area contributed by atoms with Crippen molar-refractivity contribution in [1.82, 2.24) is 25.9 Å². The molecule has 0 spiro atoms. The summed E-state index contributed by atoms with van der Waals surface area (Å²) >= 11 is 0. The van der Waals surface area contributed by atoms with E-state index in [4.69, 9.17) is 16.6 Å². The van der Waals surface area contributed by atoms with Gasteiger partial charge in [-0.05, 0) is 38.1 Å². The molecule has 208 valence electrons. The highest BCUT2D eigenvalue weighted by Crippen LogP contribution is 2.09. The molecule has 0 aliphatic carbocycles. The minimum absolute atomic E-state index is 0.0528. The van der Waals surface area contributed by atoms with E-state index < -0.39 is 60.2 Å². The zero-order valence-electron chi connectivity index (χ0n) is 21.2. The van der Waals surface area contributed by atoms with Crippen LogP contribution in [0.25, 0.3) is 0 Å². The monoisotopic (exact) mass is 525 g/mol. The number of nitrogens with two attached hydrogens (primary N) is 2. The number of nitrogens with zero attached hydrogens (tertiary/aromatic N) is 1. The van der Waals surface area contributed by atoms with Crippen LogP contribution in [0.2, 0.25) is 0 Å². The van der Waals surface area contributed by atoms with Crippen LogP contribution in [-0.4, -0.2) is 80.6 Å². The summed E-state index contributed by atoms with van der Waals surface area (Å²) in [4.78, 5) is 68.0. The molecular formula is C23H39N7O7. The lowest BCUT2D eigenvalue weighted by Crippen LogP contribution is -2.57. The first-order chi connectivity index (χ1) is 17.4. The summed E-state index contributed by atoms with van der Waals surface area (Å²) < 4.78 is 0. The van der Waals surface area contributed by atoms with Crippen molar-refractivity contribution in [1.29, 1.82) is 0 Å². The van der Waals surface area contributed by atoms with E-state index in [0.29, 0.717) is 31.5 Å². The first-order valence-electron chi connectivity index (χ1n) is 12.2. The van der Waals surface area contributed by atoms with E-state index in [1.54, 1.807) is 0 Å². The molecule has 0 fully saturated rings. The first-order valence-corrected chi connectivity index (χ1v) is 12.2. The number of rotatable bonds is 18. The van der Waals surface area contributed by atoms with Crippen molar-refractivity contribution in [3.05, 3.63) is 18.2 Å². The summed E-state index contributed by atoms with van der Waals surface area (Å²) in [7, 11) is 0. The summed E-state index contributed by atoms with van der Waals surface area (Å²) in [6.45, 7) is 4.08. The van der Waals surface area contributed by atoms with E-state index in [9.17, 15) is 29.1 Å². The molecular weight excluding hydrogens is 486 g/mol. The van der Waals surface area contributed by atoms with Gasteiger partial charge in [0, 0.05) is 24.7 Å². The lowest BCUT2D eigenvalue weighted by atomic mass is 10.0. The van der Waals surface area contributed by atoms with Crippen LogP contribution in [-0.2, 0) is 30.4 Å². The molecule has 0 aliphatic heterocycles. The van der Waals surface area contributed by atoms with Crippen LogP contribution in [0.15, 0.2) is 12.5 Å². The average Bonchev–Trinajstić information content (AvgIpc) is 3.33. The van der Waals surface area contributed by atoms with Crippen molar-refractivity contribution in [3.63, 3.8) is 0 Å². The maximum atomic E-state index is 13.1. The molecule has 14 heteroatoms. The van der Waals surface area contributed by atoms with Crippen LogP contribution in [0.4, 0.5) is 0 Å². The Morgan fingerprint density at radius 3 is 2.11 bits per heavy atom. The van der Waals surface area contributed by atoms with E-state index >= 15 is 0 Å². The molecule has 14 nitrogen and oxygen atoms in total. The molecule has 0 saturated heterocycles. The van der Waals surface area contributed by atoms with E-state index in [0.717, 1.165) is 0 Å². The molecule has 3 amide bonds. The van der Waals surface area contributed by atoms with Crippen LogP contribution in [0.3, 0.4) is 0 Å². The second-order valence-electron chi connectivity index (χ2n) is 9.26. The fourth-order valence-electron chi connectivity index (χ4n) is 3.52. The lowest BCUT2D eigenvalue weighted by molar-refractivity contribution is -0.142. The van der Waals surface area contributed by atoms with E-state index in [-0.39, 0.29) is 25.2 Å². The van der Waals surface area contributed by atoms with Gasteiger partial charge in [-0.2, -0.15) is 0 Å². The van der Waals surface area contributed by atoms with Gasteiger partial charge in [-0.1, -0.05) is 20.3 Å². The Kier molecular flexibility index (Phi) is 13.9. The highest BCUT2D eigenvalue weighted by molar-refractivity contribution is 5.94. The Hall–Kier alpha value is -3.52. The van der Waals surface area contributed by atoms with Crippen molar-refractivity contribution < 1.29 is 34.2 Å². The standard InChI is InChI=1S/C23H39N7O7/c1-13(2)9-17(22(35)30-18(23(36)37)10-14-11-26-12-27-14)29-21(34)16(6-7-19(31)32)28-20(33)15(25)5-3-4-8-24/h11-13,15-18H,3-10,24-25H2,1-2H3,(H,26,27)(H,28,33)(H,29,34)(H,30,35)(H,31,32)(H,36,37). The number of aliphatic carboxylic acids is 2. The van der Waals surface area contributed by atoms with Crippen LogP contribution < -0.4 is 27.4 Å². The number of carboxylic acids is 2. The zero-order valence-corrected chi connectivity index (χ0v) is 21.2. The van der Waals surface area contributed by atoms with Crippen molar-refractivity contribution in [3.8, 4) is 0 Å². The van der Waals surface area contributed by atoms with Crippen molar-refractivity contribution in [2.24, 2.45) is 17.4 Å². The quantitative estimate of drug-likeness (QED) is 0.107. The molecule has 4 atom stereocenters. The molecule has 0 bridgehead atoms. The second kappa shape index (κ2) is 16.3. The van der Waals surface area contributed by atoms with Crippen molar-refractivity contribution >= 4 is 29.7 Å². The molecule has 10 N–H and O–H groups in total. The third kappa shape index (κ3) is 12.3. The number of amides is 3. The average molecular weight is 526 g/mol. The van der Waals surface area contributed by atoms with Gasteiger partial charge in [0.1, 0.15) is 18.1 Å².